The van der Waals surface area contributed by atoms with Gasteiger partial charge in [0.1, 0.15) is 0 Å². The molecule has 0 saturated carbocycles. The van der Waals surface area contributed by atoms with Crippen molar-refractivity contribution in [3.05, 3.63) is 69.7 Å². The van der Waals surface area contributed by atoms with Gasteiger partial charge in [-0.05, 0) is 36.6 Å². The van der Waals surface area contributed by atoms with E-state index in [-0.39, 0.29) is 12.1 Å². The van der Waals surface area contributed by atoms with Crippen LogP contribution < -0.4 is 5.32 Å². The predicted octanol–water partition coefficient (Wildman–Crippen LogP) is 5.80. The van der Waals surface area contributed by atoms with Crippen LogP contribution in [0.25, 0.3) is 0 Å². The first-order chi connectivity index (χ1) is 9.61. The molecular formula is C17H19Cl2N. The second-order valence-corrected chi connectivity index (χ2v) is 5.77. The van der Waals surface area contributed by atoms with E-state index in [4.69, 9.17) is 23.2 Å². The highest BCUT2D eigenvalue weighted by atomic mass is 35.5. The Kier molecular flexibility index (Phi) is 5.47. The fraction of sp³-hybridized carbons (Fsp3) is 0.294. The molecule has 0 aliphatic heterocycles. The number of benzene rings is 2. The molecule has 1 N–H and O–H groups in total. The highest BCUT2D eigenvalue weighted by Crippen LogP contribution is 2.29. The molecule has 2 rings (SSSR count). The van der Waals surface area contributed by atoms with Crippen molar-refractivity contribution in [1.29, 1.82) is 0 Å². The maximum absolute atomic E-state index is 6.31. The molecule has 0 radical (unpaired) electrons. The van der Waals surface area contributed by atoms with Crippen LogP contribution in [0.1, 0.15) is 43.5 Å². The minimum absolute atomic E-state index is 0.218. The lowest BCUT2D eigenvalue weighted by Crippen LogP contribution is -2.24. The first kappa shape index (κ1) is 15.4. The third-order valence-corrected chi connectivity index (χ3v) is 4.06. The normalized spacial score (nSPS) is 14.0. The zero-order valence-electron chi connectivity index (χ0n) is 11.7. The lowest BCUT2D eigenvalue weighted by atomic mass is 10.0. The minimum Gasteiger partial charge on any atom is -0.303 e. The smallest absolute Gasteiger partial charge is 0.0468 e. The summed E-state index contributed by atoms with van der Waals surface area (Å²) in [5.74, 6) is 0. The maximum Gasteiger partial charge on any atom is 0.0468 e. The van der Waals surface area contributed by atoms with Crippen molar-refractivity contribution in [2.24, 2.45) is 0 Å². The molecule has 2 aromatic carbocycles. The number of halogens is 2. The average molecular weight is 308 g/mol. The van der Waals surface area contributed by atoms with Crippen molar-refractivity contribution >= 4 is 23.2 Å². The molecule has 106 valence electrons. The van der Waals surface area contributed by atoms with Crippen LogP contribution in [0.5, 0.6) is 0 Å². The van der Waals surface area contributed by atoms with Gasteiger partial charge in [0.05, 0.1) is 0 Å². The second kappa shape index (κ2) is 7.12. The van der Waals surface area contributed by atoms with E-state index < -0.39 is 0 Å². The van der Waals surface area contributed by atoms with Crippen LogP contribution in [0.15, 0.2) is 48.5 Å². The van der Waals surface area contributed by atoms with Gasteiger partial charge in [-0.15, -0.1) is 0 Å². The first-order valence-electron chi connectivity index (χ1n) is 6.87. The Morgan fingerprint density at radius 1 is 1.05 bits per heavy atom. The summed E-state index contributed by atoms with van der Waals surface area (Å²) >= 11 is 12.3. The van der Waals surface area contributed by atoms with Crippen molar-refractivity contribution in [2.45, 2.75) is 32.4 Å². The first-order valence-corrected chi connectivity index (χ1v) is 7.63. The van der Waals surface area contributed by atoms with Gasteiger partial charge in [0, 0.05) is 22.1 Å². The fourth-order valence-corrected chi connectivity index (χ4v) is 2.89. The van der Waals surface area contributed by atoms with Crippen LogP contribution in [0.4, 0.5) is 0 Å². The number of hydrogen-bond donors (Lipinski definition) is 1. The fourth-order valence-electron chi connectivity index (χ4n) is 2.35. The lowest BCUT2D eigenvalue weighted by Gasteiger charge is -2.24. The third kappa shape index (κ3) is 3.76. The van der Waals surface area contributed by atoms with E-state index >= 15 is 0 Å². The van der Waals surface area contributed by atoms with Crippen LogP contribution in [0, 0.1) is 0 Å². The molecule has 0 saturated heterocycles. The van der Waals surface area contributed by atoms with Crippen molar-refractivity contribution < 1.29 is 0 Å². The Balaban J connectivity index is 2.17. The maximum atomic E-state index is 6.31. The van der Waals surface area contributed by atoms with Crippen LogP contribution in [-0.4, -0.2) is 0 Å². The average Bonchev–Trinajstić information content (AvgIpc) is 2.46. The molecule has 20 heavy (non-hydrogen) atoms. The molecule has 2 aromatic rings. The Hall–Kier alpha value is -1.02. The van der Waals surface area contributed by atoms with E-state index in [9.17, 15) is 0 Å². The number of rotatable bonds is 5. The third-order valence-electron chi connectivity index (χ3n) is 3.50. The summed E-state index contributed by atoms with van der Waals surface area (Å²) in [5, 5.41) is 5.02. The van der Waals surface area contributed by atoms with Gasteiger partial charge in [0.2, 0.25) is 0 Å². The lowest BCUT2D eigenvalue weighted by molar-refractivity contribution is 0.456. The molecule has 1 unspecified atom stereocenters. The number of hydrogen-bond acceptors (Lipinski definition) is 1. The van der Waals surface area contributed by atoms with E-state index in [1.165, 1.54) is 5.56 Å². The predicted molar refractivity (Wildman–Crippen MR) is 87.5 cm³/mol. The quantitative estimate of drug-likeness (QED) is 0.736. The SMILES string of the molecule is CCC(N[C@@H](C)c1ccccc1)c1ccc(Cl)cc1Cl. The molecule has 0 aliphatic carbocycles. The zero-order valence-corrected chi connectivity index (χ0v) is 13.2. The van der Waals surface area contributed by atoms with Gasteiger partial charge >= 0.3 is 0 Å². The van der Waals surface area contributed by atoms with Crippen LogP contribution in [-0.2, 0) is 0 Å². The van der Waals surface area contributed by atoms with Crippen molar-refractivity contribution in [1.82, 2.24) is 5.32 Å². The minimum atomic E-state index is 0.218. The van der Waals surface area contributed by atoms with Gasteiger partial charge in [0.25, 0.3) is 0 Å². The van der Waals surface area contributed by atoms with Gasteiger partial charge in [-0.2, -0.15) is 0 Å². The summed E-state index contributed by atoms with van der Waals surface area (Å²) in [6.45, 7) is 4.32. The molecular weight excluding hydrogens is 289 g/mol. The molecule has 0 bridgehead atoms. The summed E-state index contributed by atoms with van der Waals surface area (Å²) in [6.07, 6.45) is 0.971. The highest BCUT2D eigenvalue weighted by Gasteiger charge is 2.16. The molecule has 0 amide bonds. The Bertz CT molecular complexity index is 554. The molecule has 0 heterocycles. The standard InChI is InChI=1S/C17H19Cl2N/c1-3-17(15-10-9-14(18)11-16(15)19)20-12(2)13-7-5-4-6-8-13/h4-12,17,20H,3H2,1-2H3/t12-,17?/m0/s1. The Morgan fingerprint density at radius 2 is 1.75 bits per heavy atom. The number of nitrogens with one attached hydrogen (secondary N) is 1. The van der Waals surface area contributed by atoms with Gasteiger partial charge < -0.3 is 5.32 Å². The zero-order chi connectivity index (χ0) is 14.5. The van der Waals surface area contributed by atoms with Crippen LogP contribution in [0.2, 0.25) is 10.0 Å². The van der Waals surface area contributed by atoms with E-state index in [2.05, 4.69) is 43.4 Å². The van der Waals surface area contributed by atoms with Gasteiger partial charge in [0.15, 0.2) is 0 Å². The Morgan fingerprint density at radius 3 is 2.35 bits per heavy atom. The van der Waals surface area contributed by atoms with E-state index in [0.717, 1.165) is 17.0 Å². The van der Waals surface area contributed by atoms with Crippen molar-refractivity contribution in [3.8, 4) is 0 Å². The molecule has 2 atom stereocenters. The second-order valence-electron chi connectivity index (χ2n) is 4.93. The Labute approximate surface area is 130 Å². The van der Waals surface area contributed by atoms with Crippen molar-refractivity contribution in [3.63, 3.8) is 0 Å². The molecule has 1 nitrogen and oxygen atoms in total. The van der Waals surface area contributed by atoms with E-state index in [0.29, 0.717) is 5.02 Å². The van der Waals surface area contributed by atoms with Gasteiger partial charge in [-0.1, -0.05) is 66.5 Å². The topological polar surface area (TPSA) is 12.0 Å². The van der Waals surface area contributed by atoms with Gasteiger partial charge in [-0.3, -0.25) is 0 Å². The van der Waals surface area contributed by atoms with E-state index in [1.54, 1.807) is 6.07 Å². The summed E-state index contributed by atoms with van der Waals surface area (Å²) in [4.78, 5) is 0. The monoisotopic (exact) mass is 307 g/mol. The largest absolute Gasteiger partial charge is 0.303 e. The molecule has 0 spiro atoms. The summed E-state index contributed by atoms with van der Waals surface area (Å²) in [7, 11) is 0. The highest BCUT2D eigenvalue weighted by molar-refractivity contribution is 6.35. The van der Waals surface area contributed by atoms with Crippen molar-refractivity contribution in [2.75, 3.05) is 0 Å². The molecule has 0 aliphatic rings. The van der Waals surface area contributed by atoms with Crippen LogP contribution >= 0.6 is 23.2 Å². The summed E-state index contributed by atoms with van der Waals surface area (Å²) in [5.41, 5.74) is 2.37. The van der Waals surface area contributed by atoms with E-state index in [1.807, 2.05) is 18.2 Å². The van der Waals surface area contributed by atoms with Crippen LogP contribution in [0.3, 0.4) is 0 Å². The summed E-state index contributed by atoms with van der Waals surface area (Å²) in [6, 6.07) is 16.6. The van der Waals surface area contributed by atoms with Gasteiger partial charge in [-0.25, -0.2) is 0 Å². The molecule has 3 heteroatoms. The molecule has 0 fully saturated rings. The summed E-state index contributed by atoms with van der Waals surface area (Å²) < 4.78 is 0. The molecule has 0 aromatic heterocycles.